The van der Waals surface area contributed by atoms with Gasteiger partial charge in [0.1, 0.15) is 5.54 Å². The number of carbonyl (C=O) groups excluding carboxylic acids is 1. The van der Waals surface area contributed by atoms with Crippen LogP contribution < -0.4 is 11.1 Å². The minimum atomic E-state index is -0.459. The molecule has 1 saturated carbocycles. The average molecular weight is 296 g/mol. The van der Waals surface area contributed by atoms with Gasteiger partial charge in [-0.3, -0.25) is 9.69 Å². The number of piperazine rings is 1. The van der Waals surface area contributed by atoms with Crippen molar-refractivity contribution in [3.63, 3.8) is 0 Å². The Balaban J connectivity index is 1.82. The van der Waals surface area contributed by atoms with E-state index in [-0.39, 0.29) is 5.91 Å². The maximum atomic E-state index is 11.9. The highest BCUT2D eigenvalue weighted by Crippen LogP contribution is 2.37. The molecule has 0 bridgehead atoms. The van der Waals surface area contributed by atoms with Gasteiger partial charge in [-0.2, -0.15) is 0 Å². The van der Waals surface area contributed by atoms with Crippen LogP contribution in [0.1, 0.15) is 39.5 Å². The first-order valence-electron chi connectivity index (χ1n) is 8.45. The van der Waals surface area contributed by atoms with Crippen LogP contribution in [0.25, 0.3) is 0 Å². The van der Waals surface area contributed by atoms with E-state index in [2.05, 4.69) is 29.0 Å². The molecule has 1 heterocycles. The Morgan fingerprint density at radius 2 is 2.00 bits per heavy atom. The van der Waals surface area contributed by atoms with Crippen molar-refractivity contribution in [1.82, 2.24) is 15.1 Å². The summed E-state index contributed by atoms with van der Waals surface area (Å²) in [4.78, 5) is 16.9. The molecule has 122 valence electrons. The highest BCUT2D eigenvalue weighted by Gasteiger charge is 2.46. The Bertz CT molecular complexity index is 352. The van der Waals surface area contributed by atoms with Gasteiger partial charge in [0.15, 0.2) is 0 Å². The second kappa shape index (κ2) is 7.07. The predicted octanol–water partition coefficient (Wildman–Crippen LogP) is 0.646. The number of amides is 1. The standard InChI is InChI=1S/C16H32N4O/c1-13(2)20-11-9-19(10-12-20)8-6-14-5-4-7-16(14,18-3)15(17)21/h13-14,18H,4-12H2,1-3H3,(H2,17,21). The summed E-state index contributed by atoms with van der Waals surface area (Å²) in [5.74, 6) is 0.222. The summed E-state index contributed by atoms with van der Waals surface area (Å²) < 4.78 is 0. The molecule has 0 radical (unpaired) electrons. The van der Waals surface area contributed by atoms with E-state index in [1.54, 1.807) is 0 Å². The lowest BCUT2D eigenvalue weighted by Gasteiger charge is -2.38. The number of nitrogens with one attached hydrogen (secondary N) is 1. The van der Waals surface area contributed by atoms with Gasteiger partial charge in [0.25, 0.3) is 0 Å². The highest BCUT2D eigenvalue weighted by atomic mass is 16.1. The molecule has 2 atom stereocenters. The van der Waals surface area contributed by atoms with Crippen LogP contribution in [0.2, 0.25) is 0 Å². The summed E-state index contributed by atoms with van der Waals surface area (Å²) in [5, 5.41) is 3.24. The number of nitrogens with zero attached hydrogens (tertiary/aromatic N) is 2. The van der Waals surface area contributed by atoms with E-state index >= 15 is 0 Å². The lowest BCUT2D eigenvalue weighted by Crippen LogP contribution is -2.57. The number of rotatable bonds is 6. The summed E-state index contributed by atoms with van der Waals surface area (Å²) >= 11 is 0. The molecule has 2 aliphatic rings. The molecule has 2 fully saturated rings. The molecule has 0 aromatic rings. The first-order chi connectivity index (χ1) is 9.99. The third kappa shape index (κ3) is 3.58. The number of carbonyl (C=O) groups is 1. The van der Waals surface area contributed by atoms with Crippen molar-refractivity contribution in [2.24, 2.45) is 11.7 Å². The van der Waals surface area contributed by atoms with E-state index in [9.17, 15) is 4.79 Å². The minimum absolute atomic E-state index is 0.169. The Hall–Kier alpha value is -0.650. The van der Waals surface area contributed by atoms with Gasteiger partial charge >= 0.3 is 0 Å². The zero-order valence-electron chi connectivity index (χ0n) is 13.9. The van der Waals surface area contributed by atoms with Gasteiger partial charge < -0.3 is 16.0 Å². The fourth-order valence-electron chi connectivity index (χ4n) is 4.09. The van der Waals surface area contributed by atoms with Crippen LogP contribution >= 0.6 is 0 Å². The quantitative estimate of drug-likeness (QED) is 0.755. The van der Waals surface area contributed by atoms with Crippen molar-refractivity contribution in [3.8, 4) is 0 Å². The minimum Gasteiger partial charge on any atom is -0.368 e. The second-order valence-corrected chi connectivity index (χ2v) is 6.93. The molecular formula is C16H32N4O. The Morgan fingerprint density at radius 1 is 1.33 bits per heavy atom. The second-order valence-electron chi connectivity index (χ2n) is 6.93. The van der Waals surface area contributed by atoms with Crippen molar-refractivity contribution < 1.29 is 4.79 Å². The number of likely N-dealkylation sites (N-methyl/N-ethyl adjacent to an activating group) is 1. The van der Waals surface area contributed by atoms with Gasteiger partial charge in [0, 0.05) is 32.2 Å². The van der Waals surface area contributed by atoms with Crippen molar-refractivity contribution in [2.45, 2.75) is 51.1 Å². The third-order valence-corrected chi connectivity index (χ3v) is 5.64. The fraction of sp³-hybridized carbons (Fsp3) is 0.938. The van der Waals surface area contributed by atoms with Crippen LogP contribution in [0.5, 0.6) is 0 Å². The summed E-state index contributed by atoms with van der Waals surface area (Å²) in [6.45, 7) is 10.2. The van der Waals surface area contributed by atoms with Gasteiger partial charge in [-0.1, -0.05) is 6.42 Å². The molecule has 3 N–H and O–H groups in total. The lowest BCUT2D eigenvalue weighted by atomic mass is 9.84. The monoisotopic (exact) mass is 296 g/mol. The van der Waals surface area contributed by atoms with E-state index in [4.69, 9.17) is 5.73 Å². The molecule has 2 unspecified atom stereocenters. The molecule has 1 aliphatic carbocycles. The summed E-state index contributed by atoms with van der Waals surface area (Å²) in [7, 11) is 1.88. The molecule has 0 aromatic heterocycles. The van der Waals surface area contributed by atoms with Crippen molar-refractivity contribution >= 4 is 5.91 Å². The highest BCUT2D eigenvalue weighted by molar-refractivity contribution is 5.85. The molecule has 5 heteroatoms. The first kappa shape index (κ1) is 16.7. The molecule has 0 spiro atoms. The van der Waals surface area contributed by atoms with Crippen LogP contribution in [-0.2, 0) is 4.79 Å². The number of hydrogen-bond acceptors (Lipinski definition) is 4. The summed E-state index contributed by atoms with van der Waals surface area (Å²) in [5.41, 5.74) is 5.21. The van der Waals surface area contributed by atoms with Crippen LogP contribution in [0.15, 0.2) is 0 Å². The van der Waals surface area contributed by atoms with Gasteiger partial charge in [0.2, 0.25) is 5.91 Å². The summed E-state index contributed by atoms with van der Waals surface area (Å²) in [6.07, 6.45) is 4.20. The Morgan fingerprint density at radius 3 is 2.52 bits per heavy atom. The summed E-state index contributed by atoms with van der Waals surface area (Å²) in [6, 6.07) is 0.647. The van der Waals surface area contributed by atoms with Crippen molar-refractivity contribution in [2.75, 3.05) is 39.8 Å². The lowest BCUT2D eigenvalue weighted by molar-refractivity contribution is -0.125. The smallest absolute Gasteiger partial charge is 0.238 e. The van der Waals surface area contributed by atoms with E-state index in [1.807, 2.05) is 7.05 Å². The van der Waals surface area contributed by atoms with Gasteiger partial charge in [-0.05, 0) is 52.6 Å². The maximum absolute atomic E-state index is 11.9. The van der Waals surface area contributed by atoms with Crippen LogP contribution in [0, 0.1) is 5.92 Å². The van der Waals surface area contributed by atoms with Crippen LogP contribution in [0.3, 0.4) is 0 Å². The zero-order valence-corrected chi connectivity index (χ0v) is 13.9. The number of hydrogen-bond donors (Lipinski definition) is 2. The molecule has 5 nitrogen and oxygen atoms in total. The molecule has 0 aromatic carbocycles. The van der Waals surface area contributed by atoms with Crippen LogP contribution in [-0.4, -0.2) is 67.1 Å². The average Bonchev–Trinajstić information content (AvgIpc) is 2.89. The Labute approximate surface area is 129 Å². The molecular weight excluding hydrogens is 264 g/mol. The fourth-order valence-corrected chi connectivity index (χ4v) is 4.09. The largest absolute Gasteiger partial charge is 0.368 e. The van der Waals surface area contributed by atoms with E-state index < -0.39 is 5.54 Å². The molecule has 1 aliphatic heterocycles. The van der Waals surface area contributed by atoms with E-state index in [0.717, 1.165) is 58.4 Å². The maximum Gasteiger partial charge on any atom is 0.238 e. The zero-order chi connectivity index (χ0) is 15.5. The van der Waals surface area contributed by atoms with Gasteiger partial charge in [-0.15, -0.1) is 0 Å². The topological polar surface area (TPSA) is 61.6 Å². The third-order valence-electron chi connectivity index (χ3n) is 5.64. The molecule has 1 saturated heterocycles. The predicted molar refractivity (Wildman–Crippen MR) is 86.1 cm³/mol. The van der Waals surface area contributed by atoms with Crippen molar-refractivity contribution in [1.29, 1.82) is 0 Å². The van der Waals surface area contributed by atoms with E-state index in [1.165, 1.54) is 0 Å². The van der Waals surface area contributed by atoms with Crippen LogP contribution in [0.4, 0.5) is 0 Å². The van der Waals surface area contributed by atoms with Crippen molar-refractivity contribution in [3.05, 3.63) is 0 Å². The van der Waals surface area contributed by atoms with Gasteiger partial charge in [0.05, 0.1) is 0 Å². The molecule has 1 amide bonds. The molecule has 2 rings (SSSR count). The van der Waals surface area contributed by atoms with Gasteiger partial charge in [-0.25, -0.2) is 0 Å². The normalized spacial score (nSPS) is 31.9. The molecule has 21 heavy (non-hydrogen) atoms. The Kier molecular flexibility index (Phi) is 5.63. The SMILES string of the molecule is CNC1(C(N)=O)CCCC1CCN1CCN(C(C)C)CC1. The number of nitrogens with two attached hydrogens (primary N) is 1. The van der Waals surface area contributed by atoms with E-state index in [0.29, 0.717) is 12.0 Å². The first-order valence-corrected chi connectivity index (χ1v) is 8.45. The number of primary amides is 1.